The Morgan fingerprint density at radius 3 is 1.45 bits per heavy atom. The van der Waals surface area contributed by atoms with Gasteiger partial charge in [-0.3, -0.25) is 4.57 Å². The number of anilines is 6. The van der Waals surface area contributed by atoms with Gasteiger partial charge in [-0.25, -0.2) is 9.97 Å². The third kappa shape index (κ3) is 4.91. The van der Waals surface area contributed by atoms with Gasteiger partial charge in [-0.15, -0.1) is 11.3 Å². The lowest BCUT2D eigenvalue weighted by molar-refractivity contribution is 1.07. The van der Waals surface area contributed by atoms with Crippen molar-refractivity contribution in [2.24, 2.45) is 0 Å². The van der Waals surface area contributed by atoms with Crippen LogP contribution in [0.15, 0.2) is 170 Å². The topological polar surface area (TPSA) is 37.2 Å². The molecule has 0 saturated heterocycles. The van der Waals surface area contributed by atoms with Crippen molar-refractivity contribution >= 4 is 83.6 Å². The van der Waals surface area contributed by atoms with E-state index in [1.165, 1.54) is 10.4 Å². The molecule has 0 spiro atoms. The molecule has 1 aliphatic rings. The molecule has 5 nitrogen and oxygen atoms in total. The summed E-state index contributed by atoms with van der Waals surface area (Å²) >= 11 is 1.81. The van der Waals surface area contributed by atoms with Gasteiger partial charge in [0, 0.05) is 61.8 Å². The van der Waals surface area contributed by atoms with E-state index in [0.717, 1.165) is 78.4 Å². The number of allylic oxidation sites excluding steroid dienone is 1. The average Bonchev–Trinajstić information content (AvgIpc) is 3.89. The minimum absolute atomic E-state index is 0.916. The van der Waals surface area contributed by atoms with Crippen molar-refractivity contribution in [3.8, 4) is 5.82 Å². The van der Waals surface area contributed by atoms with Crippen molar-refractivity contribution in [2.45, 2.75) is 6.42 Å². The van der Waals surface area contributed by atoms with Crippen LogP contribution >= 0.6 is 11.3 Å². The summed E-state index contributed by atoms with van der Waals surface area (Å²) < 4.78 is 3.45. The number of rotatable bonds is 7. The highest BCUT2D eigenvalue weighted by Gasteiger charge is 2.23. The summed E-state index contributed by atoms with van der Waals surface area (Å²) in [6.45, 7) is 0. The fraction of sp³-hybridized carbons (Fsp3) is 0.0222. The lowest BCUT2D eigenvalue weighted by Gasteiger charge is -2.26. The number of hydrogen-bond acceptors (Lipinski definition) is 5. The molecule has 0 saturated carbocycles. The van der Waals surface area contributed by atoms with Gasteiger partial charge < -0.3 is 9.80 Å². The van der Waals surface area contributed by atoms with Crippen molar-refractivity contribution < 1.29 is 0 Å². The molecule has 6 heteroatoms. The standard InChI is InChI=1S/C45H31N5S/c1-5-14-31(15-6-1)48(32-16-7-2-8-17-32)35-24-26-40-38(28-35)39-29-36(49(33-18-9-3-10-19-33)34-20-11-4-12-21-34)25-27-41(39)50(40)45-44-43(46-30-47-45)37-22-13-23-42(37)51-44/h1-22,24-30H,23H2. The molecule has 0 amide bonds. The second kappa shape index (κ2) is 12.1. The highest BCUT2D eigenvalue weighted by molar-refractivity contribution is 7.19. The van der Waals surface area contributed by atoms with Gasteiger partial charge in [-0.05, 0) is 84.9 Å². The Balaban J connectivity index is 1.26. The second-order valence-corrected chi connectivity index (χ2v) is 13.8. The van der Waals surface area contributed by atoms with E-state index < -0.39 is 0 Å². The smallest absolute Gasteiger partial charge is 0.159 e. The first kappa shape index (κ1) is 29.4. The SMILES string of the molecule is C1=Cc2c(sc3c(-n4c5ccc(N(c6ccccc6)c6ccccc6)cc5c5cc(N(c6ccccc6)c6ccccc6)ccc54)ncnc23)C1. The maximum absolute atomic E-state index is 4.99. The molecule has 51 heavy (non-hydrogen) atoms. The number of para-hydroxylation sites is 4. The first-order valence-electron chi connectivity index (χ1n) is 17.1. The molecular weight excluding hydrogens is 643 g/mol. The Kier molecular flexibility index (Phi) is 6.99. The van der Waals surface area contributed by atoms with Crippen LogP contribution in [0.2, 0.25) is 0 Å². The Labute approximate surface area is 299 Å². The van der Waals surface area contributed by atoms with Gasteiger partial charge in [0.25, 0.3) is 0 Å². The average molecular weight is 674 g/mol. The molecule has 0 radical (unpaired) electrons. The normalized spacial score (nSPS) is 12.2. The van der Waals surface area contributed by atoms with Crippen molar-refractivity contribution in [3.05, 3.63) is 181 Å². The van der Waals surface area contributed by atoms with E-state index in [0.29, 0.717) is 0 Å². The van der Waals surface area contributed by atoms with Gasteiger partial charge in [0.15, 0.2) is 5.82 Å². The van der Waals surface area contributed by atoms with Crippen LogP contribution in [-0.2, 0) is 6.42 Å². The fourth-order valence-electron chi connectivity index (χ4n) is 7.44. The molecule has 3 heterocycles. The molecular formula is C45H31N5S. The van der Waals surface area contributed by atoms with E-state index in [1.54, 1.807) is 6.33 Å². The van der Waals surface area contributed by atoms with Crippen molar-refractivity contribution in [1.82, 2.24) is 14.5 Å². The number of thiophene rings is 1. The third-order valence-electron chi connectivity index (χ3n) is 9.67. The zero-order valence-corrected chi connectivity index (χ0v) is 28.4. The van der Waals surface area contributed by atoms with E-state index in [2.05, 4.69) is 184 Å². The molecule has 9 aromatic rings. The quantitative estimate of drug-likeness (QED) is 0.169. The van der Waals surface area contributed by atoms with Gasteiger partial charge in [0.1, 0.15) is 6.33 Å². The largest absolute Gasteiger partial charge is 0.310 e. The van der Waals surface area contributed by atoms with Gasteiger partial charge in [0.2, 0.25) is 0 Å². The summed E-state index contributed by atoms with van der Waals surface area (Å²) in [4.78, 5) is 15.8. The predicted molar refractivity (Wildman–Crippen MR) is 214 cm³/mol. The van der Waals surface area contributed by atoms with E-state index in [4.69, 9.17) is 9.97 Å². The molecule has 0 fully saturated rings. The molecule has 0 N–H and O–H groups in total. The van der Waals surface area contributed by atoms with Crippen molar-refractivity contribution in [3.63, 3.8) is 0 Å². The lowest BCUT2D eigenvalue weighted by atomic mass is 10.1. The molecule has 1 aliphatic carbocycles. The van der Waals surface area contributed by atoms with Crippen LogP contribution in [0.4, 0.5) is 34.1 Å². The Bertz CT molecular complexity index is 2500. The zero-order chi connectivity index (χ0) is 33.7. The minimum atomic E-state index is 0.916. The van der Waals surface area contributed by atoms with Crippen molar-refractivity contribution in [2.75, 3.05) is 9.80 Å². The number of hydrogen-bond donors (Lipinski definition) is 0. The van der Waals surface area contributed by atoms with Gasteiger partial charge in [0.05, 0.1) is 21.3 Å². The van der Waals surface area contributed by atoms with Crippen LogP contribution in [0.25, 0.3) is 43.9 Å². The Morgan fingerprint density at radius 2 is 0.980 bits per heavy atom. The molecule has 0 atom stereocenters. The molecule has 10 rings (SSSR count). The minimum Gasteiger partial charge on any atom is -0.310 e. The lowest BCUT2D eigenvalue weighted by Crippen LogP contribution is -2.09. The number of nitrogens with zero attached hydrogens (tertiary/aromatic N) is 5. The predicted octanol–water partition coefficient (Wildman–Crippen LogP) is 12.3. The maximum atomic E-state index is 4.99. The number of fused-ring (bicyclic) bond motifs is 6. The molecule has 0 aliphatic heterocycles. The fourth-order valence-corrected chi connectivity index (χ4v) is 8.63. The van der Waals surface area contributed by atoms with Crippen LogP contribution in [-0.4, -0.2) is 14.5 Å². The van der Waals surface area contributed by atoms with E-state index >= 15 is 0 Å². The van der Waals surface area contributed by atoms with Gasteiger partial charge >= 0.3 is 0 Å². The summed E-state index contributed by atoms with van der Waals surface area (Å²) in [5, 5.41) is 2.30. The summed E-state index contributed by atoms with van der Waals surface area (Å²) in [6.07, 6.45) is 7.09. The summed E-state index contributed by atoms with van der Waals surface area (Å²) in [5.74, 6) is 0.916. The summed E-state index contributed by atoms with van der Waals surface area (Å²) in [5.41, 5.74) is 11.0. The van der Waals surface area contributed by atoms with E-state index in [-0.39, 0.29) is 0 Å². The highest BCUT2D eigenvalue weighted by Crippen LogP contribution is 2.44. The van der Waals surface area contributed by atoms with Gasteiger partial charge in [-0.2, -0.15) is 0 Å². The maximum Gasteiger partial charge on any atom is 0.159 e. The Hall–Kier alpha value is -6.50. The van der Waals surface area contributed by atoms with E-state index in [1.807, 2.05) is 11.3 Å². The number of aromatic nitrogens is 3. The van der Waals surface area contributed by atoms with Crippen molar-refractivity contribution in [1.29, 1.82) is 0 Å². The number of benzene rings is 6. The third-order valence-corrected chi connectivity index (χ3v) is 10.9. The monoisotopic (exact) mass is 673 g/mol. The van der Waals surface area contributed by atoms with Gasteiger partial charge in [-0.1, -0.05) is 84.9 Å². The molecule has 0 unspecified atom stereocenters. The first-order valence-corrected chi connectivity index (χ1v) is 18.0. The van der Waals surface area contributed by atoms with Crippen LogP contribution in [0.3, 0.4) is 0 Å². The molecule has 6 aromatic carbocycles. The first-order chi connectivity index (χ1) is 25.3. The van der Waals surface area contributed by atoms with Crippen LogP contribution < -0.4 is 9.80 Å². The molecule has 242 valence electrons. The van der Waals surface area contributed by atoms with Crippen LogP contribution in [0.5, 0.6) is 0 Å². The van der Waals surface area contributed by atoms with Crippen LogP contribution in [0, 0.1) is 0 Å². The highest BCUT2D eigenvalue weighted by atomic mass is 32.1. The second-order valence-electron chi connectivity index (χ2n) is 12.7. The zero-order valence-electron chi connectivity index (χ0n) is 27.6. The Morgan fingerprint density at radius 1 is 0.510 bits per heavy atom. The molecule has 0 bridgehead atoms. The van der Waals surface area contributed by atoms with E-state index in [9.17, 15) is 0 Å². The summed E-state index contributed by atoms with van der Waals surface area (Å²) in [7, 11) is 0. The molecule has 3 aromatic heterocycles. The summed E-state index contributed by atoms with van der Waals surface area (Å²) in [6, 6.07) is 56.0. The van der Waals surface area contributed by atoms with Crippen LogP contribution in [0.1, 0.15) is 10.4 Å².